The summed E-state index contributed by atoms with van der Waals surface area (Å²) in [4.78, 5) is 0. The van der Waals surface area contributed by atoms with Gasteiger partial charge >= 0.3 is 0 Å². The molecule has 3 nitrogen and oxygen atoms in total. The number of rotatable bonds is 3. The van der Waals surface area contributed by atoms with Gasteiger partial charge in [0.05, 0.1) is 21.3 Å². The van der Waals surface area contributed by atoms with Crippen LogP contribution in [0.15, 0.2) is 12.1 Å². The fourth-order valence-electron chi connectivity index (χ4n) is 1.79. The van der Waals surface area contributed by atoms with Crippen molar-refractivity contribution in [1.29, 1.82) is 0 Å². The van der Waals surface area contributed by atoms with E-state index < -0.39 is 0 Å². The van der Waals surface area contributed by atoms with Crippen LogP contribution in [0.4, 0.5) is 0 Å². The molecule has 0 saturated heterocycles. The van der Waals surface area contributed by atoms with Crippen LogP contribution in [0.25, 0.3) is 0 Å². The lowest BCUT2D eigenvalue weighted by molar-refractivity contribution is 0.333. The van der Waals surface area contributed by atoms with E-state index in [1.807, 2.05) is 12.1 Å². The molecule has 3 heteroatoms. The van der Waals surface area contributed by atoms with E-state index in [1.54, 1.807) is 21.3 Å². The summed E-state index contributed by atoms with van der Waals surface area (Å²) in [7, 11) is 4.94. The zero-order valence-corrected chi connectivity index (χ0v) is 10.9. The van der Waals surface area contributed by atoms with Gasteiger partial charge in [-0.15, -0.1) is 0 Å². The van der Waals surface area contributed by atoms with Crippen molar-refractivity contribution in [1.82, 2.24) is 0 Å². The van der Waals surface area contributed by atoms with Crippen LogP contribution in [0, 0.1) is 0 Å². The summed E-state index contributed by atoms with van der Waals surface area (Å²) in [6, 6.07) is 3.76. The van der Waals surface area contributed by atoms with E-state index in [-0.39, 0.29) is 5.41 Å². The predicted octanol–water partition coefficient (Wildman–Crippen LogP) is 3.01. The van der Waals surface area contributed by atoms with E-state index >= 15 is 0 Å². The second-order valence-corrected chi connectivity index (χ2v) is 4.63. The van der Waals surface area contributed by atoms with E-state index in [0.717, 1.165) is 22.8 Å². The van der Waals surface area contributed by atoms with Crippen molar-refractivity contribution in [2.45, 2.75) is 26.2 Å². The first-order chi connectivity index (χ1) is 7.45. The molecular weight excluding hydrogens is 204 g/mol. The average molecular weight is 224 g/mol. The van der Waals surface area contributed by atoms with Crippen molar-refractivity contribution in [3.63, 3.8) is 0 Å². The topological polar surface area (TPSA) is 27.7 Å². The maximum absolute atomic E-state index is 5.43. The molecule has 0 fully saturated rings. The third-order valence-corrected chi connectivity index (χ3v) is 2.48. The lowest BCUT2D eigenvalue weighted by Crippen LogP contribution is -2.15. The van der Waals surface area contributed by atoms with Crippen LogP contribution in [0.3, 0.4) is 0 Å². The molecule has 0 heterocycles. The van der Waals surface area contributed by atoms with Crippen molar-refractivity contribution in [2.75, 3.05) is 21.3 Å². The van der Waals surface area contributed by atoms with Gasteiger partial charge in [-0.2, -0.15) is 0 Å². The Morgan fingerprint density at radius 3 is 1.69 bits per heavy atom. The third kappa shape index (κ3) is 2.23. The van der Waals surface area contributed by atoms with Gasteiger partial charge in [0.2, 0.25) is 0 Å². The smallest absolute Gasteiger partial charge is 0.168 e. The van der Waals surface area contributed by atoms with E-state index in [2.05, 4.69) is 20.8 Å². The average Bonchev–Trinajstić information content (AvgIpc) is 2.25. The molecule has 0 bridgehead atoms. The zero-order chi connectivity index (χ0) is 12.3. The summed E-state index contributed by atoms with van der Waals surface area (Å²) in [5.41, 5.74) is 0.961. The number of methoxy groups -OCH3 is 3. The van der Waals surface area contributed by atoms with Gasteiger partial charge in [-0.25, -0.2) is 0 Å². The van der Waals surface area contributed by atoms with Crippen LogP contribution >= 0.6 is 0 Å². The van der Waals surface area contributed by atoms with Crippen LogP contribution in [0.2, 0.25) is 0 Å². The molecular formula is C13H20O3. The first kappa shape index (κ1) is 12.7. The van der Waals surface area contributed by atoms with Crippen LogP contribution in [0.5, 0.6) is 17.2 Å². The molecule has 0 unspecified atom stereocenters. The number of benzene rings is 1. The summed E-state index contributed by atoms with van der Waals surface area (Å²) < 4.78 is 16.1. The van der Waals surface area contributed by atoms with E-state index in [1.165, 1.54) is 0 Å². The van der Waals surface area contributed by atoms with Crippen molar-refractivity contribution in [3.8, 4) is 17.2 Å². The quantitative estimate of drug-likeness (QED) is 0.790. The highest BCUT2D eigenvalue weighted by atomic mass is 16.5. The molecule has 0 aromatic heterocycles. The summed E-state index contributed by atoms with van der Waals surface area (Å²) in [6.45, 7) is 6.35. The van der Waals surface area contributed by atoms with E-state index in [4.69, 9.17) is 14.2 Å². The van der Waals surface area contributed by atoms with Gasteiger partial charge in [0.15, 0.2) is 11.5 Å². The lowest BCUT2D eigenvalue weighted by atomic mass is 9.85. The highest BCUT2D eigenvalue weighted by molar-refractivity contribution is 5.56. The first-order valence-corrected chi connectivity index (χ1v) is 5.25. The number of hydrogen-bond donors (Lipinski definition) is 0. The maximum atomic E-state index is 5.43. The van der Waals surface area contributed by atoms with Crippen LogP contribution in [0.1, 0.15) is 26.3 Å². The third-order valence-electron chi connectivity index (χ3n) is 2.48. The van der Waals surface area contributed by atoms with Crippen molar-refractivity contribution in [3.05, 3.63) is 17.7 Å². The Bertz CT molecular complexity index is 364. The van der Waals surface area contributed by atoms with Crippen molar-refractivity contribution < 1.29 is 14.2 Å². The van der Waals surface area contributed by atoms with Gasteiger partial charge < -0.3 is 14.2 Å². The van der Waals surface area contributed by atoms with Gasteiger partial charge in [-0.3, -0.25) is 0 Å². The van der Waals surface area contributed by atoms with Crippen LogP contribution in [-0.2, 0) is 5.41 Å². The molecule has 90 valence electrons. The Balaban J connectivity index is 3.49. The maximum Gasteiger partial charge on any atom is 0.168 e. The fourth-order valence-corrected chi connectivity index (χ4v) is 1.79. The standard InChI is InChI=1S/C13H20O3/c1-13(2,3)11-9(14-4)7-8-10(15-5)12(11)16-6/h7-8H,1-6H3. The highest BCUT2D eigenvalue weighted by Gasteiger charge is 2.26. The van der Waals surface area contributed by atoms with Crippen molar-refractivity contribution in [2.24, 2.45) is 0 Å². The molecule has 1 rings (SSSR count). The van der Waals surface area contributed by atoms with Gasteiger partial charge in [0.1, 0.15) is 5.75 Å². The lowest BCUT2D eigenvalue weighted by Gasteiger charge is -2.25. The van der Waals surface area contributed by atoms with E-state index in [9.17, 15) is 0 Å². The molecule has 0 saturated carbocycles. The monoisotopic (exact) mass is 224 g/mol. The molecule has 0 spiro atoms. The fraction of sp³-hybridized carbons (Fsp3) is 0.538. The van der Waals surface area contributed by atoms with Gasteiger partial charge in [-0.1, -0.05) is 20.8 Å². The summed E-state index contributed by atoms with van der Waals surface area (Å²) >= 11 is 0. The highest BCUT2D eigenvalue weighted by Crippen LogP contribution is 2.44. The van der Waals surface area contributed by atoms with Crippen LogP contribution < -0.4 is 14.2 Å². The Hall–Kier alpha value is -1.38. The second kappa shape index (κ2) is 4.64. The second-order valence-electron chi connectivity index (χ2n) is 4.63. The first-order valence-electron chi connectivity index (χ1n) is 5.25. The molecule has 0 aliphatic carbocycles. The molecule has 0 aliphatic rings. The van der Waals surface area contributed by atoms with Crippen molar-refractivity contribution >= 4 is 0 Å². The Morgan fingerprint density at radius 1 is 0.812 bits per heavy atom. The molecule has 0 N–H and O–H groups in total. The van der Waals surface area contributed by atoms with E-state index in [0.29, 0.717) is 0 Å². The normalized spacial score (nSPS) is 11.1. The Labute approximate surface area is 97.3 Å². The minimum Gasteiger partial charge on any atom is -0.496 e. The molecule has 1 aromatic rings. The van der Waals surface area contributed by atoms with Gasteiger partial charge in [0, 0.05) is 5.56 Å². The minimum absolute atomic E-state index is 0.0643. The molecule has 16 heavy (non-hydrogen) atoms. The molecule has 0 amide bonds. The predicted molar refractivity (Wildman–Crippen MR) is 64.8 cm³/mol. The SMILES string of the molecule is COc1ccc(OC)c(C(C)(C)C)c1OC. The molecule has 1 aromatic carbocycles. The molecule has 0 aliphatic heterocycles. The Kier molecular flexibility index (Phi) is 3.68. The largest absolute Gasteiger partial charge is 0.496 e. The number of hydrogen-bond acceptors (Lipinski definition) is 3. The summed E-state index contributed by atoms with van der Waals surface area (Å²) in [5.74, 6) is 2.30. The van der Waals surface area contributed by atoms with Gasteiger partial charge in [0.25, 0.3) is 0 Å². The number of ether oxygens (including phenoxy) is 3. The zero-order valence-electron chi connectivity index (χ0n) is 10.9. The molecule has 0 atom stereocenters. The molecule has 0 radical (unpaired) electrons. The summed E-state index contributed by atoms with van der Waals surface area (Å²) in [5, 5.41) is 0. The Morgan fingerprint density at radius 2 is 1.31 bits per heavy atom. The minimum atomic E-state index is -0.0643. The van der Waals surface area contributed by atoms with Crippen LogP contribution in [-0.4, -0.2) is 21.3 Å². The summed E-state index contributed by atoms with van der Waals surface area (Å²) in [6.07, 6.45) is 0. The van der Waals surface area contributed by atoms with Gasteiger partial charge in [-0.05, 0) is 17.5 Å².